The highest BCUT2D eigenvalue weighted by atomic mass is 35.5. The number of fused-ring (bicyclic) bond motifs is 2. The zero-order chi connectivity index (χ0) is 28.4. The number of pyridine rings is 1. The molecule has 2 unspecified atom stereocenters. The minimum absolute atomic E-state index is 0.0663. The first-order valence-electron chi connectivity index (χ1n) is 14.0. The fraction of sp³-hybridized carbons (Fsp3) is 0.571. The van der Waals surface area contributed by atoms with E-state index in [1.54, 1.807) is 10.4 Å². The van der Waals surface area contributed by atoms with Gasteiger partial charge in [-0.2, -0.15) is 4.31 Å². The molecule has 1 aromatic heterocycles. The number of aromatic nitrogens is 1. The Kier molecular flexibility index (Phi) is 9.06. The molecule has 1 aliphatic carbocycles. The van der Waals surface area contributed by atoms with E-state index in [9.17, 15) is 22.0 Å². The van der Waals surface area contributed by atoms with Crippen LogP contribution in [0.4, 0.5) is 8.78 Å². The molecule has 0 spiro atoms. The third-order valence-electron chi connectivity index (χ3n) is 8.67. The molecule has 1 amide bonds. The number of amides is 1. The smallest absolute Gasteiger partial charge is 0.238 e. The Hall–Kier alpha value is -2.18. The number of sulfonamides is 1. The van der Waals surface area contributed by atoms with E-state index in [-0.39, 0.29) is 34.8 Å². The molecule has 3 aliphatic rings. The van der Waals surface area contributed by atoms with Crippen molar-refractivity contribution in [1.82, 2.24) is 19.9 Å². The van der Waals surface area contributed by atoms with Gasteiger partial charge in [-0.3, -0.25) is 9.78 Å². The Labute approximate surface area is 239 Å². The van der Waals surface area contributed by atoms with Crippen LogP contribution >= 0.6 is 11.6 Å². The quantitative estimate of drug-likeness (QED) is 0.431. The Morgan fingerprint density at radius 2 is 1.98 bits per heavy atom. The zero-order valence-electron chi connectivity index (χ0n) is 22.2. The van der Waals surface area contributed by atoms with Crippen molar-refractivity contribution < 1.29 is 22.0 Å². The summed E-state index contributed by atoms with van der Waals surface area (Å²) in [5.41, 5.74) is 7.23. The second-order valence-electron chi connectivity index (χ2n) is 11.3. The number of piperazine rings is 1. The van der Waals surface area contributed by atoms with Crippen LogP contribution in [0.2, 0.25) is 5.02 Å². The Morgan fingerprint density at radius 1 is 1.15 bits per heavy atom. The zero-order valence-corrected chi connectivity index (χ0v) is 23.8. The van der Waals surface area contributed by atoms with Crippen molar-refractivity contribution in [1.29, 1.82) is 0 Å². The Bertz CT molecular complexity index is 1330. The summed E-state index contributed by atoms with van der Waals surface area (Å²) in [4.78, 5) is 17.4. The van der Waals surface area contributed by atoms with Gasteiger partial charge in [0.25, 0.3) is 0 Å². The van der Waals surface area contributed by atoms with Gasteiger partial charge in [-0.15, -0.1) is 0 Å². The van der Waals surface area contributed by atoms with Crippen LogP contribution in [0, 0.1) is 17.6 Å². The van der Waals surface area contributed by atoms with Gasteiger partial charge >= 0.3 is 0 Å². The van der Waals surface area contributed by atoms with Gasteiger partial charge in [0.05, 0.1) is 23.0 Å². The van der Waals surface area contributed by atoms with Gasteiger partial charge in [0.1, 0.15) is 11.6 Å². The molecule has 0 radical (unpaired) electrons. The molecule has 5 rings (SSSR count). The van der Waals surface area contributed by atoms with Gasteiger partial charge in [-0.05, 0) is 73.8 Å². The van der Waals surface area contributed by atoms with Crippen molar-refractivity contribution in [3.05, 3.63) is 64.4 Å². The maximum atomic E-state index is 14.4. The number of carbonyl (C=O) groups excluding carboxylic acids is 1. The molecule has 2 aromatic rings. The van der Waals surface area contributed by atoms with E-state index in [4.69, 9.17) is 17.3 Å². The van der Waals surface area contributed by atoms with E-state index in [0.717, 1.165) is 38.3 Å². The predicted octanol–water partition coefficient (Wildman–Crippen LogP) is 3.30. The molecule has 1 saturated carbocycles. The maximum Gasteiger partial charge on any atom is 0.238 e. The molecule has 2 bridgehead atoms. The minimum atomic E-state index is -3.26. The molecule has 218 valence electrons. The number of carbonyl (C=O) groups is 1. The first-order chi connectivity index (χ1) is 19.1. The van der Waals surface area contributed by atoms with Gasteiger partial charge in [0, 0.05) is 43.3 Å². The summed E-state index contributed by atoms with van der Waals surface area (Å²) in [6.45, 7) is 1.16. The molecule has 8 nitrogen and oxygen atoms in total. The van der Waals surface area contributed by atoms with Crippen molar-refractivity contribution in [2.24, 2.45) is 11.7 Å². The number of halogens is 3. The van der Waals surface area contributed by atoms with Crippen LogP contribution in [-0.2, 0) is 14.8 Å². The van der Waals surface area contributed by atoms with Crippen LogP contribution in [0.1, 0.15) is 62.0 Å². The van der Waals surface area contributed by atoms with E-state index >= 15 is 0 Å². The molecule has 3 fully saturated rings. The molecule has 2 aliphatic heterocycles. The molecule has 2 saturated heterocycles. The van der Waals surface area contributed by atoms with Gasteiger partial charge in [0.2, 0.25) is 15.9 Å². The van der Waals surface area contributed by atoms with Crippen molar-refractivity contribution in [3.63, 3.8) is 0 Å². The first kappa shape index (κ1) is 29.3. The normalized spacial score (nSPS) is 29.4. The van der Waals surface area contributed by atoms with Crippen LogP contribution in [-0.4, -0.2) is 66.6 Å². The van der Waals surface area contributed by atoms with E-state index < -0.39 is 39.5 Å². The van der Waals surface area contributed by atoms with Gasteiger partial charge in [-0.25, -0.2) is 17.2 Å². The SMILES string of the molecule is N[C@H](C(=O)N[C@H]1CCC[C@@H]1CCC1CN[C@@H]2CCCS(=O)(=O)N1C2)[C@H](c1cncc(F)c1)c1ccc(Cl)c(F)c1. The Morgan fingerprint density at radius 3 is 2.75 bits per heavy atom. The standard InChI is InChI=1S/C28H36ClF2N5O3S/c29-23-9-7-18(12-24(23)31)26(19-11-20(30)14-33-13-19)27(32)28(37)35-25-5-1-3-17(25)6-8-22-15-34-21-4-2-10-40(38,39)36(22)16-21/h7,9,11-14,17,21-22,25-27,34H,1-6,8,10,15-16,32H2,(H,35,37)/t17-,21-,22?,25+,26+,27+/m1/s1. The molecule has 4 N–H and O–H groups in total. The molecule has 7 atom stereocenters. The molecule has 3 heterocycles. The van der Waals surface area contributed by atoms with Gasteiger partial charge < -0.3 is 16.4 Å². The summed E-state index contributed by atoms with van der Waals surface area (Å²) in [5.74, 6) is -2.13. The monoisotopic (exact) mass is 595 g/mol. The topological polar surface area (TPSA) is 117 Å². The molecule has 12 heteroatoms. The lowest BCUT2D eigenvalue weighted by Crippen LogP contribution is -2.57. The van der Waals surface area contributed by atoms with E-state index in [0.29, 0.717) is 37.1 Å². The second-order valence-corrected chi connectivity index (χ2v) is 13.7. The molecular formula is C28H36ClF2N5O3S. The second kappa shape index (κ2) is 12.4. The fourth-order valence-electron chi connectivity index (χ4n) is 6.57. The average molecular weight is 596 g/mol. The van der Waals surface area contributed by atoms with Gasteiger partial charge in [0.15, 0.2) is 0 Å². The van der Waals surface area contributed by atoms with Gasteiger partial charge in [-0.1, -0.05) is 24.1 Å². The highest BCUT2D eigenvalue weighted by molar-refractivity contribution is 7.89. The number of nitrogens with one attached hydrogen (secondary N) is 2. The Balaban J connectivity index is 1.27. The van der Waals surface area contributed by atoms with Crippen molar-refractivity contribution in [2.45, 2.75) is 75.0 Å². The maximum absolute atomic E-state index is 14.4. The van der Waals surface area contributed by atoms with Crippen LogP contribution in [0.15, 0.2) is 36.7 Å². The first-order valence-corrected chi connectivity index (χ1v) is 16.0. The number of nitrogens with two attached hydrogens (primary N) is 1. The number of benzene rings is 1. The summed E-state index contributed by atoms with van der Waals surface area (Å²) in [6, 6.07) is 4.29. The average Bonchev–Trinajstić information content (AvgIpc) is 3.31. The largest absolute Gasteiger partial charge is 0.352 e. The lowest BCUT2D eigenvalue weighted by atomic mass is 9.85. The van der Waals surface area contributed by atoms with Crippen LogP contribution < -0.4 is 16.4 Å². The lowest BCUT2D eigenvalue weighted by molar-refractivity contribution is -0.123. The fourth-order valence-corrected chi connectivity index (χ4v) is 8.49. The molecule has 1 aromatic carbocycles. The summed E-state index contributed by atoms with van der Waals surface area (Å²) in [5, 5.41) is 6.54. The number of hydrogen-bond donors (Lipinski definition) is 3. The third-order valence-corrected chi connectivity index (χ3v) is 10.9. The number of nitrogens with zero attached hydrogens (tertiary/aromatic N) is 2. The van der Waals surface area contributed by atoms with Crippen LogP contribution in [0.5, 0.6) is 0 Å². The molecule has 40 heavy (non-hydrogen) atoms. The number of hydrogen-bond acceptors (Lipinski definition) is 6. The summed E-state index contributed by atoms with van der Waals surface area (Å²) < 4.78 is 55.8. The molecular weight excluding hydrogens is 560 g/mol. The third kappa shape index (κ3) is 6.49. The van der Waals surface area contributed by atoms with E-state index in [1.165, 1.54) is 24.4 Å². The van der Waals surface area contributed by atoms with Crippen molar-refractivity contribution >= 4 is 27.5 Å². The number of rotatable bonds is 8. The van der Waals surface area contributed by atoms with E-state index in [1.807, 2.05) is 0 Å². The van der Waals surface area contributed by atoms with E-state index in [2.05, 4.69) is 15.6 Å². The summed E-state index contributed by atoms with van der Waals surface area (Å²) in [7, 11) is -3.26. The highest BCUT2D eigenvalue weighted by Gasteiger charge is 2.39. The highest BCUT2D eigenvalue weighted by Crippen LogP contribution is 2.34. The lowest BCUT2D eigenvalue weighted by Gasteiger charge is -2.38. The van der Waals surface area contributed by atoms with Crippen LogP contribution in [0.25, 0.3) is 0 Å². The van der Waals surface area contributed by atoms with Crippen LogP contribution in [0.3, 0.4) is 0 Å². The van der Waals surface area contributed by atoms with Crippen molar-refractivity contribution in [3.8, 4) is 0 Å². The summed E-state index contributed by atoms with van der Waals surface area (Å²) >= 11 is 5.87. The summed E-state index contributed by atoms with van der Waals surface area (Å²) in [6.07, 6.45) is 8.17. The van der Waals surface area contributed by atoms with Crippen molar-refractivity contribution in [2.75, 3.05) is 18.8 Å². The minimum Gasteiger partial charge on any atom is -0.352 e. The predicted molar refractivity (Wildman–Crippen MR) is 149 cm³/mol.